The van der Waals surface area contributed by atoms with Crippen molar-refractivity contribution in [2.24, 2.45) is 5.73 Å². The van der Waals surface area contributed by atoms with Gasteiger partial charge in [-0.2, -0.15) is 4.98 Å². The summed E-state index contributed by atoms with van der Waals surface area (Å²) in [6.45, 7) is 4.00. The normalized spacial score (nSPS) is 14.4. The van der Waals surface area contributed by atoms with Crippen molar-refractivity contribution >= 4 is 0 Å². The predicted octanol–water partition coefficient (Wildman–Crippen LogP) is 2.03. The van der Waals surface area contributed by atoms with Gasteiger partial charge in [0, 0.05) is 18.8 Å². The molecule has 18 heavy (non-hydrogen) atoms. The Bertz CT molecular complexity index is 493. The van der Waals surface area contributed by atoms with E-state index in [0.717, 1.165) is 18.4 Å². The Labute approximate surface area is 106 Å². The van der Waals surface area contributed by atoms with Crippen LogP contribution in [0.25, 0.3) is 0 Å². The molecule has 0 spiro atoms. The molecule has 2 aromatic heterocycles. The van der Waals surface area contributed by atoms with E-state index in [1.54, 1.807) is 12.4 Å². The van der Waals surface area contributed by atoms with Crippen molar-refractivity contribution in [1.82, 2.24) is 15.1 Å². The monoisotopic (exact) mass is 246 g/mol. The third-order valence-electron chi connectivity index (χ3n) is 2.81. The van der Waals surface area contributed by atoms with Crippen LogP contribution in [0.2, 0.25) is 0 Å². The SMILES string of the molecule is CCCC(C)(N)c1nc(Cc2cccnc2)no1. The molecular formula is C13H18N4O. The Hall–Kier alpha value is -1.75. The lowest BCUT2D eigenvalue weighted by Gasteiger charge is -2.18. The van der Waals surface area contributed by atoms with Crippen molar-refractivity contribution in [1.29, 1.82) is 0 Å². The fourth-order valence-corrected chi connectivity index (χ4v) is 1.87. The van der Waals surface area contributed by atoms with Crippen LogP contribution in [0.3, 0.4) is 0 Å². The Morgan fingerprint density at radius 3 is 2.94 bits per heavy atom. The van der Waals surface area contributed by atoms with Gasteiger partial charge in [0.25, 0.3) is 0 Å². The Balaban J connectivity index is 2.11. The number of hydrogen-bond donors (Lipinski definition) is 1. The Morgan fingerprint density at radius 1 is 1.44 bits per heavy atom. The maximum Gasteiger partial charge on any atom is 0.246 e. The van der Waals surface area contributed by atoms with Gasteiger partial charge in [-0.15, -0.1) is 0 Å². The number of rotatable bonds is 5. The molecule has 0 aliphatic heterocycles. The molecule has 0 amide bonds. The van der Waals surface area contributed by atoms with Gasteiger partial charge in [0.1, 0.15) is 0 Å². The minimum atomic E-state index is -0.547. The van der Waals surface area contributed by atoms with Gasteiger partial charge in [-0.1, -0.05) is 24.6 Å². The molecule has 1 atom stereocenters. The largest absolute Gasteiger partial charge is 0.337 e. The molecule has 0 saturated carbocycles. The van der Waals surface area contributed by atoms with E-state index >= 15 is 0 Å². The minimum absolute atomic E-state index is 0.503. The third-order valence-corrected chi connectivity index (χ3v) is 2.81. The topological polar surface area (TPSA) is 77.8 Å². The second-order valence-electron chi connectivity index (χ2n) is 4.72. The van der Waals surface area contributed by atoms with E-state index in [0.29, 0.717) is 18.1 Å². The van der Waals surface area contributed by atoms with Gasteiger partial charge in [0.05, 0.1) is 5.54 Å². The molecule has 5 heteroatoms. The molecule has 0 aromatic carbocycles. The van der Waals surface area contributed by atoms with Gasteiger partial charge in [-0.3, -0.25) is 4.98 Å². The molecule has 0 fully saturated rings. The van der Waals surface area contributed by atoms with Crippen LogP contribution in [0.5, 0.6) is 0 Å². The molecule has 2 N–H and O–H groups in total. The van der Waals surface area contributed by atoms with Gasteiger partial charge in [0.2, 0.25) is 5.89 Å². The van der Waals surface area contributed by atoms with Gasteiger partial charge < -0.3 is 10.3 Å². The highest BCUT2D eigenvalue weighted by Gasteiger charge is 2.27. The summed E-state index contributed by atoms with van der Waals surface area (Å²) in [6.07, 6.45) is 5.95. The molecule has 2 heterocycles. The highest BCUT2D eigenvalue weighted by Crippen LogP contribution is 2.21. The first-order chi connectivity index (χ1) is 8.62. The minimum Gasteiger partial charge on any atom is -0.337 e. The van der Waals surface area contributed by atoms with Crippen LogP contribution in [0.1, 0.15) is 44.0 Å². The summed E-state index contributed by atoms with van der Waals surface area (Å²) in [5, 5.41) is 3.97. The summed E-state index contributed by atoms with van der Waals surface area (Å²) in [7, 11) is 0. The van der Waals surface area contributed by atoms with E-state index in [9.17, 15) is 0 Å². The highest BCUT2D eigenvalue weighted by molar-refractivity contribution is 5.14. The van der Waals surface area contributed by atoms with E-state index < -0.39 is 5.54 Å². The lowest BCUT2D eigenvalue weighted by Crippen LogP contribution is -2.33. The molecule has 0 radical (unpaired) electrons. The first kappa shape index (κ1) is 12.7. The number of pyridine rings is 1. The van der Waals surface area contributed by atoms with Crippen molar-refractivity contribution in [3.05, 3.63) is 41.8 Å². The zero-order valence-corrected chi connectivity index (χ0v) is 10.8. The summed E-state index contributed by atoms with van der Waals surface area (Å²) in [5.41, 5.74) is 6.65. The highest BCUT2D eigenvalue weighted by atomic mass is 16.5. The van der Waals surface area contributed by atoms with Crippen molar-refractivity contribution in [2.75, 3.05) is 0 Å². The summed E-state index contributed by atoms with van der Waals surface area (Å²) >= 11 is 0. The van der Waals surface area contributed by atoms with E-state index in [4.69, 9.17) is 10.3 Å². The maximum absolute atomic E-state index is 6.15. The van der Waals surface area contributed by atoms with E-state index in [1.807, 2.05) is 19.1 Å². The fourth-order valence-electron chi connectivity index (χ4n) is 1.87. The van der Waals surface area contributed by atoms with Crippen molar-refractivity contribution in [3.63, 3.8) is 0 Å². The number of nitrogens with two attached hydrogens (primary N) is 1. The molecule has 0 aliphatic rings. The lowest BCUT2D eigenvalue weighted by molar-refractivity contribution is 0.282. The zero-order valence-electron chi connectivity index (χ0n) is 10.8. The van der Waals surface area contributed by atoms with Gasteiger partial charge in [-0.25, -0.2) is 0 Å². The van der Waals surface area contributed by atoms with Crippen molar-refractivity contribution < 1.29 is 4.52 Å². The Kier molecular flexibility index (Phi) is 3.72. The number of nitrogens with zero attached hydrogens (tertiary/aromatic N) is 3. The number of hydrogen-bond acceptors (Lipinski definition) is 5. The average molecular weight is 246 g/mol. The van der Waals surface area contributed by atoms with Crippen LogP contribution >= 0.6 is 0 Å². The molecule has 96 valence electrons. The summed E-state index contributed by atoms with van der Waals surface area (Å²) in [4.78, 5) is 8.42. The van der Waals surface area contributed by atoms with Gasteiger partial charge >= 0.3 is 0 Å². The summed E-state index contributed by atoms with van der Waals surface area (Å²) < 4.78 is 5.25. The molecule has 0 aliphatic carbocycles. The van der Waals surface area contributed by atoms with Gasteiger partial charge in [0.15, 0.2) is 5.82 Å². The molecular weight excluding hydrogens is 228 g/mol. The quantitative estimate of drug-likeness (QED) is 0.873. The van der Waals surface area contributed by atoms with Crippen LogP contribution < -0.4 is 5.73 Å². The molecule has 5 nitrogen and oxygen atoms in total. The van der Waals surface area contributed by atoms with Crippen molar-refractivity contribution in [3.8, 4) is 0 Å². The van der Waals surface area contributed by atoms with Crippen LogP contribution in [0.4, 0.5) is 0 Å². The lowest BCUT2D eigenvalue weighted by atomic mass is 9.98. The second-order valence-corrected chi connectivity index (χ2v) is 4.72. The van der Waals surface area contributed by atoms with E-state index in [1.165, 1.54) is 0 Å². The Morgan fingerprint density at radius 2 is 2.28 bits per heavy atom. The second kappa shape index (κ2) is 5.27. The molecule has 0 saturated heterocycles. The molecule has 2 rings (SSSR count). The van der Waals surface area contributed by atoms with Gasteiger partial charge in [-0.05, 0) is 25.0 Å². The smallest absolute Gasteiger partial charge is 0.246 e. The van der Waals surface area contributed by atoms with E-state index in [2.05, 4.69) is 22.0 Å². The van der Waals surface area contributed by atoms with Crippen LogP contribution in [-0.4, -0.2) is 15.1 Å². The standard InChI is InChI=1S/C13H18N4O/c1-3-6-13(2,14)12-16-11(17-18-12)8-10-5-4-7-15-9-10/h4-5,7,9H,3,6,8,14H2,1-2H3. The zero-order chi connectivity index (χ0) is 13.0. The van der Waals surface area contributed by atoms with Crippen LogP contribution in [-0.2, 0) is 12.0 Å². The molecule has 2 aromatic rings. The first-order valence-corrected chi connectivity index (χ1v) is 6.12. The third kappa shape index (κ3) is 2.92. The predicted molar refractivity (Wildman–Crippen MR) is 67.8 cm³/mol. The maximum atomic E-state index is 6.15. The summed E-state index contributed by atoms with van der Waals surface area (Å²) in [6, 6.07) is 3.87. The first-order valence-electron chi connectivity index (χ1n) is 6.12. The summed E-state index contributed by atoms with van der Waals surface area (Å²) in [5.74, 6) is 1.15. The van der Waals surface area contributed by atoms with E-state index in [-0.39, 0.29) is 0 Å². The van der Waals surface area contributed by atoms with Crippen LogP contribution in [0.15, 0.2) is 29.0 Å². The average Bonchev–Trinajstić information content (AvgIpc) is 2.79. The fraction of sp³-hybridized carbons (Fsp3) is 0.462. The molecule has 0 bridgehead atoms. The number of aromatic nitrogens is 3. The molecule has 1 unspecified atom stereocenters. The van der Waals surface area contributed by atoms with Crippen molar-refractivity contribution in [2.45, 2.75) is 38.6 Å². The van der Waals surface area contributed by atoms with Crippen LogP contribution in [0, 0.1) is 0 Å².